The fourth-order valence-electron chi connectivity index (χ4n) is 5.39. The number of piperazine rings is 1. The molecular formula is C26H28F4N6O2. The molecule has 38 heavy (non-hydrogen) atoms. The van der Waals surface area contributed by atoms with Crippen LogP contribution in [0.15, 0.2) is 35.1 Å². The lowest BCUT2D eigenvalue weighted by Crippen LogP contribution is -2.50. The van der Waals surface area contributed by atoms with Crippen LogP contribution in [0.3, 0.4) is 0 Å². The van der Waals surface area contributed by atoms with Gasteiger partial charge in [0.05, 0.1) is 16.6 Å². The molecule has 1 aliphatic carbocycles. The van der Waals surface area contributed by atoms with Crippen LogP contribution in [-0.2, 0) is 0 Å². The number of amides is 1. The average molecular weight is 533 g/mol. The van der Waals surface area contributed by atoms with Gasteiger partial charge in [-0.2, -0.15) is 17.6 Å². The molecule has 3 aromatic rings. The number of aryl methyl sites for hydroxylation is 1. The van der Waals surface area contributed by atoms with Gasteiger partial charge in [0, 0.05) is 38.1 Å². The van der Waals surface area contributed by atoms with E-state index in [1.165, 1.54) is 12.1 Å². The van der Waals surface area contributed by atoms with Crippen molar-refractivity contribution in [2.24, 2.45) is 0 Å². The zero-order chi connectivity index (χ0) is 27.0. The molecule has 2 N–H and O–H groups in total. The Kier molecular flexibility index (Phi) is 7.08. The molecular weight excluding hydrogens is 504 g/mol. The van der Waals surface area contributed by atoms with Gasteiger partial charge in [-0.15, -0.1) is 0 Å². The number of pyridine rings is 1. The number of nitrogens with zero attached hydrogens (tertiary/aromatic N) is 4. The van der Waals surface area contributed by atoms with E-state index in [9.17, 15) is 27.2 Å². The number of anilines is 1. The maximum atomic E-state index is 14.7. The average Bonchev–Trinajstić information content (AvgIpc) is 3.38. The third-order valence-corrected chi connectivity index (χ3v) is 7.35. The summed E-state index contributed by atoms with van der Waals surface area (Å²) in [5.41, 5.74) is 1.41. The van der Waals surface area contributed by atoms with Gasteiger partial charge in [0.15, 0.2) is 0 Å². The Morgan fingerprint density at radius 2 is 1.87 bits per heavy atom. The van der Waals surface area contributed by atoms with Crippen LogP contribution < -0.4 is 15.8 Å². The number of hydrogen-bond acceptors (Lipinski definition) is 6. The molecule has 2 aliphatic rings. The molecule has 0 bridgehead atoms. The molecule has 1 saturated heterocycles. The van der Waals surface area contributed by atoms with Crippen molar-refractivity contribution in [2.75, 3.05) is 37.6 Å². The number of aromatic amines is 1. The minimum atomic E-state index is -4.56. The second-order valence-corrected chi connectivity index (χ2v) is 9.96. The van der Waals surface area contributed by atoms with Crippen LogP contribution >= 0.6 is 0 Å². The first kappa shape index (κ1) is 26.1. The summed E-state index contributed by atoms with van der Waals surface area (Å²) >= 11 is 0. The van der Waals surface area contributed by atoms with Crippen LogP contribution in [0.2, 0.25) is 0 Å². The van der Waals surface area contributed by atoms with E-state index in [0.717, 1.165) is 30.7 Å². The van der Waals surface area contributed by atoms with E-state index in [1.54, 1.807) is 5.32 Å². The highest BCUT2D eigenvalue weighted by Gasteiger charge is 2.34. The Bertz CT molecular complexity index is 1400. The van der Waals surface area contributed by atoms with Crippen molar-refractivity contribution >= 4 is 22.5 Å². The van der Waals surface area contributed by atoms with Crippen LogP contribution in [-0.4, -0.2) is 70.7 Å². The van der Waals surface area contributed by atoms with Gasteiger partial charge in [-0.3, -0.25) is 14.5 Å². The van der Waals surface area contributed by atoms with Gasteiger partial charge >= 0.3 is 6.18 Å². The lowest BCUT2D eigenvalue weighted by Gasteiger charge is -2.39. The Balaban J connectivity index is 1.18. The maximum absolute atomic E-state index is 14.7. The third-order valence-electron chi connectivity index (χ3n) is 7.35. The molecule has 1 saturated carbocycles. The predicted molar refractivity (Wildman–Crippen MR) is 134 cm³/mol. The topological polar surface area (TPSA) is 94.2 Å². The Labute approximate surface area is 216 Å². The highest BCUT2D eigenvalue weighted by atomic mass is 19.4. The number of hydrogen-bond donors (Lipinski definition) is 2. The van der Waals surface area contributed by atoms with Gasteiger partial charge in [0.2, 0.25) is 5.95 Å². The molecule has 0 spiro atoms. The van der Waals surface area contributed by atoms with E-state index in [-0.39, 0.29) is 17.2 Å². The largest absolute Gasteiger partial charge is 0.405 e. The Morgan fingerprint density at radius 3 is 2.58 bits per heavy atom. The second-order valence-electron chi connectivity index (χ2n) is 9.96. The van der Waals surface area contributed by atoms with Crippen molar-refractivity contribution in [1.29, 1.82) is 0 Å². The minimum absolute atomic E-state index is 0.120. The molecule has 1 amide bonds. The summed E-state index contributed by atoms with van der Waals surface area (Å²) in [5, 5.41) is 2.29. The summed E-state index contributed by atoms with van der Waals surface area (Å²) < 4.78 is 51.6. The van der Waals surface area contributed by atoms with Crippen molar-refractivity contribution in [1.82, 2.24) is 25.2 Å². The van der Waals surface area contributed by atoms with Crippen molar-refractivity contribution in [3.05, 3.63) is 63.7 Å². The van der Waals surface area contributed by atoms with Crippen molar-refractivity contribution in [2.45, 2.75) is 44.3 Å². The molecule has 202 valence electrons. The van der Waals surface area contributed by atoms with Crippen LogP contribution in [0.1, 0.15) is 47.1 Å². The number of carbonyl (C=O) groups excluding carboxylic acids is 1. The first-order chi connectivity index (χ1) is 18.1. The number of alkyl halides is 3. The molecule has 3 heterocycles. The highest BCUT2D eigenvalue weighted by Crippen LogP contribution is 2.36. The number of rotatable bonds is 5. The molecule has 2 fully saturated rings. The lowest BCUT2D eigenvalue weighted by molar-refractivity contribution is -0.123. The summed E-state index contributed by atoms with van der Waals surface area (Å²) in [6.45, 7) is 2.92. The molecule has 1 aromatic carbocycles. The van der Waals surface area contributed by atoms with E-state index >= 15 is 0 Å². The molecule has 2 aromatic heterocycles. The monoisotopic (exact) mass is 532 g/mol. The molecule has 1 aliphatic heterocycles. The van der Waals surface area contributed by atoms with Crippen molar-refractivity contribution in [3.8, 4) is 0 Å². The summed E-state index contributed by atoms with van der Waals surface area (Å²) in [5.74, 6) is -1.08. The Morgan fingerprint density at radius 1 is 1.11 bits per heavy atom. The van der Waals surface area contributed by atoms with E-state index < -0.39 is 30.3 Å². The first-order valence-electron chi connectivity index (χ1n) is 12.6. The van der Waals surface area contributed by atoms with Crippen LogP contribution in [0, 0.1) is 12.9 Å². The molecule has 0 unspecified atom stereocenters. The van der Waals surface area contributed by atoms with Crippen molar-refractivity contribution < 1.29 is 22.4 Å². The third kappa shape index (κ3) is 5.64. The van der Waals surface area contributed by atoms with Gasteiger partial charge < -0.3 is 15.2 Å². The normalized spacial score (nSPS) is 20.7. The molecule has 5 rings (SSSR count). The fraction of sp³-hybridized carbons (Fsp3) is 0.462. The Hall–Kier alpha value is -3.54. The SMILES string of the molecule is Cc1ccc2nc([C@@H]3CC[C@H](N4CCN(c5ccc(C(=O)NCC(F)(F)F)nc5F)CC4)C3)[nH]c(=O)c2c1. The molecule has 12 heteroatoms. The standard InChI is InChI=1S/C26H28F4N6O2/c1-15-2-5-19-18(12-15)24(37)34-23(33-19)16-3-4-17(13-16)35-8-10-36(11-9-35)21-7-6-20(32-22(21)27)25(38)31-14-26(28,29)30/h2,5-7,12,16-17H,3-4,8-11,13-14H2,1H3,(H,31,38)(H,33,34,37)/t16-,17+/m1/s1. The van der Waals surface area contributed by atoms with E-state index in [1.807, 2.05) is 30.0 Å². The number of fused-ring (bicyclic) bond motifs is 1. The first-order valence-corrected chi connectivity index (χ1v) is 12.6. The summed E-state index contributed by atoms with van der Waals surface area (Å²) in [6.07, 6.45) is -1.80. The number of nitrogens with one attached hydrogen (secondary N) is 2. The zero-order valence-electron chi connectivity index (χ0n) is 20.8. The quantitative estimate of drug-likeness (QED) is 0.386. The van der Waals surface area contributed by atoms with E-state index in [2.05, 4.69) is 14.9 Å². The fourth-order valence-corrected chi connectivity index (χ4v) is 5.39. The molecule has 8 nitrogen and oxygen atoms in total. The van der Waals surface area contributed by atoms with Gasteiger partial charge in [0.25, 0.3) is 11.5 Å². The number of carbonyl (C=O) groups is 1. The van der Waals surface area contributed by atoms with E-state index in [4.69, 9.17) is 4.98 Å². The predicted octanol–water partition coefficient (Wildman–Crippen LogP) is 3.52. The number of halogens is 4. The maximum Gasteiger partial charge on any atom is 0.405 e. The summed E-state index contributed by atoms with van der Waals surface area (Å²) in [7, 11) is 0. The van der Waals surface area contributed by atoms with Gasteiger partial charge in [0.1, 0.15) is 18.1 Å². The smallest absolute Gasteiger partial charge is 0.365 e. The lowest BCUT2D eigenvalue weighted by atomic mass is 10.1. The van der Waals surface area contributed by atoms with Crippen LogP contribution in [0.4, 0.5) is 23.2 Å². The van der Waals surface area contributed by atoms with Gasteiger partial charge in [-0.05, 0) is 50.5 Å². The van der Waals surface area contributed by atoms with Crippen LogP contribution in [0.25, 0.3) is 10.9 Å². The highest BCUT2D eigenvalue weighted by molar-refractivity contribution is 5.92. The van der Waals surface area contributed by atoms with Gasteiger partial charge in [-0.25, -0.2) is 9.97 Å². The minimum Gasteiger partial charge on any atom is -0.365 e. The van der Waals surface area contributed by atoms with Crippen molar-refractivity contribution in [3.63, 3.8) is 0 Å². The number of aromatic nitrogens is 3. The molecule has 0 radical (unpaired) electrons. The molecule has 2 atom stereocenters. The zero-order valence-corrected chi connectivity index (χ0v) is 20.8. The second kappa shape index (κ2) is 10.3. The van der Waals surface area contributed by atoms with E-state index in [0.29, 0.717) is 43.1 Å². The number of benzene rings is 1. The summed E-state index contributed by atoms with van der Waals surface area (Å²) in [4.78, 5) is 40.0. The van der Waals surface area contributed by atoms with Gasteiger partial charge in [-0.1, -0.05) is 11.6 Å². The summed E-state index contributed by atoms with van der Waals surface area (Å²) in [6, 6.07) is 8.61. The number of H-pyrrole nitrogens is 1. The van der Waals surface area contributed by atoms with Crippen LogP contribution in [0.5, 0.6) is 0 Å².